The van der Waals surface area contributed by atoms with Crippen molar-refractivity contribution in [3.05, 3.63) is 88.3 Å². The predicted molar refractivity (Wildman–Crippen MR) is 124 cm³/mol. The number of halogens is 1. The number of hydrogen-bond acceptors (Lipinski definition) is 5. The molecular weight excluding hydrogens is 424 g/mol. The van der Waals surface area contributed by atoms with E-state index in [0.717, 1.165) is 33.5 Å². The van der Waals surface area contributed by atoms with E-state index in [1.54, 1.807) is 18.3 Å². The summed E-state index contributed by atoms with van der Waals surface area (Å²) >= 11 is 6.49. The summed E-state index contributed by atoms with van der Waals surface area (Å²) in [4.78, 5) is 21.7. The number of nitrogens with one attached hydrogen (secondary N) is 1. The third-order valence-corrected chi connectivity index (χ3v) is 5.60. The van der Waals surface area contributed by atoms with Gasteiger partial charge < -0.3 is 5.32 Å². The summed E-state index contributed by atoms with van der Waals surface area (Å²) < 4.78 is 1.91. The van der Waals surface area contributed by atoms with E-state index in [1.165, 1.54) is 0 Å². The first-order valence-corrected chi connectivity index (χ1v) is 10.5. The lowest BCUT2D eigenvalue weighted by atomic mass is 10.1. The number of fused-ring (bicyclic) bond motifs is 3. The zero-order chi connectivity index (χ0) is 22.2. The molecule has 0 aliphatic rings. The monoisotopic (exact) mass is 442 g/mol. The predicted octanol–water partition coefficient (Wildman–Crippen LogP) is 4.54. The maximum Gasteiger partial charge on any atom is 0.251 e. The van der Waals surface area contributed by atoms with Gasteiger partial charge in [0.15, 0.2) is 11.5 Å². The number of hydrogen-bond donors (Lipinski definition) is 1. The van der Waals surface area contributed by atoms with E-state index >= 15 is 0 Å². The third-order valence-electron chi connectivity index (χ3n) is 5.27. The molecule has 0 unspecified atom stereocenters. The molecule has 0 radical (unpaired) electrons. The Kier molecular flexibility index (Phi) is 5.03. The molecule has 0 saturated carbocycles. The van der Waals surface area contributed by atoms with E-state index in [4.69, 9.17) is 11.6 Å². The highest BCUT2D eigenvalue weighted by molar-refractivity contribution is 6.33. The second-order valence-electron chi connectivity index (χ2n) is 7.57. The van der Waals surface area contributed by atoms with E-state index < -0.39 is 0 Å². The Morgan fingerprint density at radius 3 is 2.75 bits per heavy atom. The van der Waals surface area contributed by atoms with Crippen LogP contribution in [0, 0.1) is 13.8 Å². The van der Waals surface area contributed by atoms with Gasteiger partial charge in [-0.25, -0.2) is 4.98 Å². The highest BCUT2D eigenvalue weighted by Gasteiger charge is 2.18. The lowest BCUT2D eigenvalue weighted by Gasteiger charge is -2.10. The van der Waals surface area contributed by atoms with Gasteiger partial charge in [0.2, 0.25) is 0 Å². The van der Waals surface area contributed by atoms with E-state index in [2.05, 4.69) is 25.5 Å². The maximum absolute atomic E-state index is 12.8. The lowest BCUT2D eigenvalue weighted by molar-refractivity contribution is 0.0950. The summed E-state index contributed by atoms with van der Waals surface area (Å²) in [7, 11) is 0. The first-order chi connectivity index (χ1) is 15.5. The van der Waals surface area contributed by atoms with Crippen molar-refractivity contribution in [3.63, 3.8) is 0 Å². The van der Waals surface area contributed by atoms with Crippen molar-refractivity contribution in [2.24, 2.45) is 0 Å². The van der Waals surface area contributed by atoms with E-state index in [1.807, 2.05) is 60.7 Å². The topological polar surface area (TPSA) is 85.1 Å². The van der Waals surface area contributed by atoms with Gasteiger partial charge in [0.1, 0.15) is 0 Å². The highest BCUT2D eigenvalue weighted by atomic mass is 35.5. The van der Waals surface area contributed by atoms with Crippen LogP contribution in [0.25, 0.3) is 28.1 Å². The van der Waals surface area contributed by atoms with Crippen LogP contribution in [-0.2, 0) is 6.54 Å². The summed E-state index contributed by atoms with van der Waals surface area (Å²) in [6, 6.07) is 16.8. The van der Waals surface area contributed by atoms with Crippen molar-refractivity contribution < 1.29 is 4.79 Å². The lowest BCUT2D eigenvalue weighted by Crippen LogP contribution is -2.23. The second kappa shape index (κ2) is 8.01. The summed E-state index contributed by atoms with van der Waals surface area (Å²) in [5.41, 5.74) is 5.96. The SMILES string of the molecule is Cc1ccc(Cl)c(-c2nnc3c(C)nc4ccc(C(=O)NCc5ccccn5)cc4n23)c1. The van der Waals surface area contributed by atoms with Gasteiger partial charge in [0.25, 0.3) is 5.91 Å². The van der Waals surface area contributed by atoms with Crippen LogP contribution in [-0.4, -0.2) is 30.5 Å². The zero-order valence-corrected chi connectivity index (χ0v) is 18.3. The number of benzene rings is 2. The summed E-state index contributed by atoms with van der Waals surface area (Å²) in [5.74, 6) is 0.407. The molecule has 2 aromatic carbocycles. The number of pyridine rings is 1. The number of nitrogens with zero attached hydrogens (tertiary/aromatic N) is 5. The molecule has 7 nitrogen and oxygen atoms in total. The first kappa shape index (κ1) is 20.1. The fraction of sp³-hybridized carbons (Fsp3) is 0.125. The quantitative estimate of drug-likeness (QED) is 0.441. The normalized spacial score (nSPS) is 11.2. The molecule has 1 amide bonds. The molecule has 5 aromatic rings. The third kappa shape index (κ3) is 3.56. The number of amides is 1. The fourth-order valence-corrected chi connectivity index (χ4v) is 3.88. The maximum atomic E-state index is 12.8. The molecule has 0 aliphatic heterocycles. The summed E-state index contributed by atoms with van der Waals surface area (Å²) in [5, 5.41) is 12.3. The van der Waals surface area contributed by atoms with Crippen LogP contribution in [0.15, 0.2) is 60.8 Å². The van der Waals surface area contributed by atoms with Crippen LogP contribution in [0.1, 0.15) is 27.3 Å². The summed E-state index contributed by atoms with van der Waals surface area (Å²) in [6.45, 7) is 4.23. The molecule has 32 heavy (non-hydrogen) atoms. The van der Waals surface area contributed by atoms with Crippen molar-refractivity contribution in [2.75, 3.05) is 0 Å². The van der Waals surface area contributed by atoms with Gasteiger partial charge in [0, 0.05) is 17.3 Å². The average molecular weight is 443 g/mol. The van der Waals surface area contributed by atoms with Crippen molar-refractivity contribution in [2.45, 2.75) is 20.4 Å². The molecule has 8 heteroatoms. The number of carbonyl (C=O) groups excluding carboxylic acids is 1. The van der Waals surface area contributed by atoms with Crippen LogP contribution in [0.2, 0.25) is 5.02 Å². The van der Waals surface area contributed by atoms with Gasteiger partial charge in [-0.2, -0.15) is 0 Å². The van der Waals surface area contributed by atoms with Gasteiger partial charge in [-0.1, -0.05) is 29.3 Å². The molecular formula is C24H19ClN6O. The molecule has 0 aliphatic carbocycles. The Balaban J connectivity index is 1.62. The highest BCUT2D eigenvalue weighted by Crippen LogP contribution is 2.30. The Labute approximate surface area is 189 Å². The molecule has 0 spiro atoms. The molecule has 5 rings (SSSR count). The Hall–Kier alpha value is -3.84. The molecule has 0 fully saturated rings. The van der Waals surface area contributed by atoms with Gasteiger partial charge in [-0.15, -0.1) is 10.2 Å². The minimum absolute atomic E-state index is 0.200. The van der Waals surface area contributed by atoms with E-state index in [9.17, 15) is 4.79 Å². The average Bonchev–Trinajstić information content (AvgIpc) is 3.25. The number of carbonyl (C=O) groups is 1. The molecule has 158 valence electrons. The molecule has 3 heterocycles. The molecule has 0 saturated heterocycles. The number of rotatable bonds is 4. The van der Waals surface area contributed by atoms with E-state index in [0.29, 0.717) is 28.6 Å². The minimum Gasteiger partial charge on any atom is -0.346 e. The van der Waals surface area contributed by atoms with Crippen molar-refractivity contribution in [1.82, 2.24) is 29.9 Å². The Morgan fingerprint density at radius 1 is 1.06 bits per heavy atom. The van der Waals surface area contributed by atoms with Gasteiger partial charge in [0.05, 0.1) is 34.0 Å². The van der Waals surface area contributed by atoms with Crippen LogP contribution >= 0.6 is 11.6 Å². The van der Waals surface area contributed by atoms with Crippen LogP contribution < -0.4 is 5.32 Å². The second-order valence-corrected chi connectivity index (χ2v) is 7.98. The summed E-state index contributed by atoms with van der Waals surface area (Å²) in [6.07, 6.45) is 1.70. The Morgan fingerprint density at radius 2 is 1.94 bits per heavy atom. The molecule has 0 atom stereocenters. The van der Waals surface area contributed by atoms with Gasteiger partial charge in [-0.05, 0) is 56.3 Å². The first-order valence-electron chi connectivity index (χ1n) is 10.1. The smallest absolute Gasteiger partial charge is 0.251 e. The van der Waals surface area contributed by atoms with Crippen LogP contribution in [0.5, 0.6) is 0 Å². The number of aromatic nitrogens is 5. The van der Waals surface area contributed by atoms with Crippen molar-refractivity contribution in [3.8, 4) is 11.4 Å². The van der Waals surface area contributed by atoms with Crippen LogP contribution in [0.4, 0.5) is 0 Å². The largest absolute Gasteiger partial charge is 0.346 e. The van der Waals surface area contributed by atoms with Crippen molar-refractivity contribution >= 4 is 34.2 Å². The molecule has 3 aromatic heterocycles. The molecule has 1 N–H and O–H groups in total. The standard InChI is InChI=1S/C24H19ClN6O/c1-14-6-8-19(25)18(11-14)23-30-29-22-15(2)28-20-9-7-16(12-21(20)31(22)23)24(32)27-13-17-5-3-4-10-26-17/h3-12H,13H2,1-2H3,(H,27,32). The zero-order valence-electron chi connectivity index (χ0n) is 17.5. The van der Waals surface area contributed by atoms with Gasteiger partial charge >= 0.3 is 0 Å². The van der Waals surface area contributed by atoms with Crippen molar-refractivity contribution in [1.29, 1.82) is 0 Å². The van der Waals surface area contributed by atoms with Gasteiger partial charge in [-0.3, -0.25) is 14.2 Å². The van der Waals surface area contributed by atoms with E-state index in [-0.39, 0.29) is 5.91 Å². The fourth-order valence-electron chi connectivity index (χ4n) is 3.68. The van der Waals surface area contributed by atoms with Crippen LogP contribution in [0.3, 0.4) is 0 Å². The number of aryl methyl sites for hydroxylation is 2. The molecule has 0 bridgehead atoms. The Bertz CT molecular complexity index is 1480. The minimum atomic E-state index is -0.200.